The SMILES string of the molecule is Cc1occc1C(=O)OCC(=O)Nc1cc(S(C)(=O)=O)ccc1Cl. The van der Waals surface area contributed by atoms with E-state index in [9.17, 15) is 18.0 Å². The van der Waals surface area contributed by atoms with Crippen molar-refractivity contribution < 1.29 is 27.2 Å². The molecule has 2 aromatic rings. The van der Waals surface area contributed by atoms with Crippen molar-refractivity contribution in [3.63, 3.8) is 0 Å². The summed E-state index contributed by atoms with van der Waals surface area (Å²) in [7, 11) is -3.44. The molecule has 0 saturated heterocycles. The molecule has 24 heavy (non-hydrogen) atoms. The van der Waals surface area contributed by atoms with E-state index < -0.39 is 28.3 Å². The van der Waals surface area contributed by atoms with Crippen LogP contribution in [0.4, 0.5) is 5.69 Å². The Bertz CT molecular complexity index is 887. The van der Waals surface area contributed by atoms with Gasteiger partial charge in [-0.15, -0.1) is 0 Å². The van der Waals surface area contributed by atoms with Gasteiger partial charge in [-0.1, -0.05) is 11.6 Å². The molecular formula is C15H14ClNO6S. The molecule has 1 aromatic heterocycles. The van der Waals surface area contributed by atoms with E-state index in [0.29, 0.717) is 5.76 Å². The summed E-state index contributed by atoms with van der Waals surface area (Å²) in [6, 6.07) is 5.35. The number of aryl methyl sites for hydroxylation is 1. The third kappa shape index (κ3) is 4.36. The number of furan rings is 1. The van der Waals surface area contributed by atoms with Crippen LogP contribution >= 0.6 is 11.6 Å². The summed E-state index contributed by atoms with van der Waals surface area (Å²) in [5.74, 6) is -0.978. The molecule has 128 valence electrons. The molecule has 0 unspecified atom stereocenters. The maximum absolute atomic E-state index is 11.9. The lowest BCUT2D eigenvalue weighted by atomic mass is 10.3. The number of ether oxygens (including phenoxy) is 1. The number of carbonyl (C=O) groups is 2. The van der Waals surface area contributed by atoms with Crippen LogP contribution in [-0.4, -0.2) is 33.2 Å². The Balaban J connectivity index is 2.02. The molecule has 1 N–H and O–H groups in total. The van der Waals surface area contributed by atoms with Crippen molar-refractivity contribution in [3.05, 3.63) is 46.9 Å². The molecule has 0 spiro atoms. The van der Waals surface area contributed by atoms with Gasteiger partial charge in [0.1, 0.15) is 11.3 Å². The van der Waals surface area contributed by atoms with Gasteiger partial charge in [0.15, 0.2) is 16.4 Å². The van der Waals surface area contributed by atoms with Crippen molar-refractivity contribution in [2.24, 2.45) is 0 Å². The Kier molecular flexibility index (Phi) is 5.30. The Labute approximate surface area is 143 Å². The van der Waals surface area contributed by atoms with Crippen molar-refractivity contribution in [2.45, 2.75) is 11.8 Å². The largest absolute Gasteiger partial charge is 0.469 e. The Morgan fingerprint density at radius 2 is 2.00 bits per heavy atom. The minimum absolute atomic E-state index is 0.00761. The molecule has 1 amide bonds. The zero-order chi connectivity index (χ0) is 17.9. The van der Waals surface area contributed by atoms with Gasteiger partial charge in [0, 0.05) is 6.26 Å². The standard InChI is InChI=1S/C15H14ClNO6S/c1-9-11(5-6-22-9)15(19)23-8-14(18)17-13-7-10(24(2,20)21)3-4-12(13)16/h3-7H,8H2,1-2H3,(H,17,18). The Morgan fingerprint density at radius 1 is 1.29 bits per heavy atom. The molecule has 0 aliphatic carbocycles. The Morgan fingerprint density at radius 3 is 2.58 bits per heavy atom. The highest BCUT2D eigenvalue weighted by Gasteiger charge is 2.16. The van der Waals surface area contributed by atoms with E-state index in [1.165, 1.54) is 30.5 Å². The summed E-state index contributed by atoms with van der Waals surface area (Å²) >= 11 is 5.93. The van der Waals surface area contributed by atoms with Gasteiger partial charge in [0.05, 0.1) is 21.9 Å². The van der Waals surface area contributed by atoms with Crippen LogP contribution < -0.4 is 5.32 Å². The summed E-state index contributed by atoms with van der Waals surface area (Å²) in [5, 5.41) is 2.56. The minimum Gasteiger partial charge on any atom is -0.469 e. The lowest BCUT2D eigenvalue weighted by Gasteiger charge is -2.09. The Hall–Kier alpha value is -2.32. The fraction of sp³-hybridized carbons (Fsp3) is 0.200. The van der Waals surface area contributed by atoms with Crippen molar-refractivity contribution in [1.82, 2.24) is 0 Å². The summed E-state index contributed by atoms with van der Waals surface area (Å²) in [5.41, 5.74) is 0.333. The number of rotatable bonds is 5. The molecule has 2 rings (SSSR count). The number of esters is 1. The third-order valence-corrected chi connectivity index (χ3v) is 4.49. The van der Waals surface area contributed by atoms with Crippen LogP contribution in [-0.2, 0) is 19.4 Å². The summed E-state index contributed by atoms with van der Waals surface area (Å²) in [6.07, 6.45) is 2.37. The van der Waals surface area contributed by atoms with E-state index in [0.717, 1.165) is 6.26 Å². The van der Waals surface area contributed by atoms with Crippen LogP contribution in [0.5, 0.6) is 0 Å². The molecule has 0 aliphatic heterocycles. The first-order chi connectivity index (χ1) is 11.2. The second-order valence-electron chi connectivity index (χ2n) is 4.93. The first-order valence-corrected chi connectivity index (χ1v) is 8.96. The smallest absolute Gasteiger partial charge is 0.342 e. The molecular weight excluding hydrogens is 358 g/mol. The van der Waals surface area contributed by atoms with Crippen LogP contribution in [0.1, 0.15) is 16.1 Å². The normalized spacial score (nSPS) is 11.1. The van der Waals surface area contributed by atoms with Crippen LogP contribution in [0.2, 0.25) is 5.02 Å². The van der Waals surface area contributed by atoms with Crippen molar-refractivity contribution in [1.29, 1.82) is 0 Å². The van der Waals surface area contributed by atoms with E-state index in [1.54, 1.807) is 6.92 Å². The number of hydrogen-bond donors (Lipinski definition) is 1. The van der Waals surface area contributed by atoms with E-state index in [1.807, 2.05) is 0 Å². The highest BCUT2D eigenvalue weighted by molar-refractivity contribution is 7.90. The number of nitrogens with one attached hydrogen (secondary N) is 1. The van der Waals surface area contributed by atoms with Gasteiger partial charge in [-0.05, 0) is 31.2 Å². The predicted molar refractivity (Wildman–Crippen MR) is 86.9 cm³/mol. The van der Waals surface area contributed by atoms with Gasteiger partial charge in [0.2, 0.25) is 0 Å². The fourth-order valence-electron chi connectivity index (χ4n) is 1.82. The molecule has 7 nitrogen and oxygen atoms in total. The predicted octanol–water partition coefficient (Wildman–Crippen LogP) is 2.44. The minimum atomic E-state index is -3.44. The first-order valence-electron chi connectivity index (χ1n) is 6.69. The van der Waals surface area contributed by atoms with Crippen molar-refractivity contribution in [3.8, 4) is 0 Å². The topological polar surface area (TPSA) is 103 Å². The molecule has 0 radical (unpaired) electrons. The maximum Gasteiger partial charge on any atom is 0.342 e. The van der Waals surface area contributed by atoms with Gasteiger partial charge in [-0.2, -0.15) is 0 Å². The van der Waals surface area contributed by atoms with Crippen molar-refractivity contribution >= 4 is 39.0 Å². The van der Waals surface area contributed by atoms with Gasteiger partial charge in [-0.25, -0.2) is 13.2 Å². The highest BCUT2D eigenvalue weighted by Crippen LogP contribution is 2.25. The van der Waals surface area contributed by atoms with E-state index >= 15 is 0 Å². The summed E-state index contributed by atoms with van der Waals surface area (Å²) < 4.78 is 32.9. The number of hydrogen-bond acceptors (Lipinski definition) is 6. The average Bonchev–Trinajstić information content (AvgIpc) is 2.92. The zero-order valence-corrected chi connectivity index (χ0v) is 14.4. The lowest BCUT2D eigenvalue weighted by molar-refractivity contribution is -0.119. The first kappa shape index (κ1) is 18.0. The van der Waals surface area contributed by atoms with E-state index in [-0.39, 0.29) is 21.2 Å². The quantitative estimate of drug-likeness (QED) is 0.810. The number of anilines is 1. The van der Waals surface area contributed by atoms with E-state index in [2.05, 4.69) is 5.32 Å². The van der Waals surface area contributed by atoms with E-state index in [4.69, 9.17) is 20.8 Å². The molecule has 1 aromatic carbocycles. The molecule has 9 heteroatoms. The summed E-state index contributed by atoms with van der Waals surface area (Å²) in [6.45, 7) is 1.04. The van der Waals surface area contributed by atoms with Gasteiger partial charge in [0.25, 0.3) is 5.91 Å². The van der Waals surface area contributed by atoms with Crippen LogP contribution in [0.3, 0.4) is 0 Å². The fourth-order valence-corrected chi connectivity index (χ4v) is 2.63. The van der Waals surface area contributed by atoms with Gasteiger partial charge in [-0.3, -0.25) is 4.79 Å². The molecule has 0 aliphatic rings. The van der Waals surface area contributed by atoms with Crippen LogP contribution in [0.15, 0.2) is 39.8 Å². The van der Waals surface area contributed by atoms with Crippen LogP contribution in [0.25, 0.3) is 0 Å². The van der Waals surface area contributed by atoms with Gasteiger partial charge >= 0.3 is 5.97 Å². The number of benzene rings is 1. The summed E-state index contributed by atoms with van der Waals surface area (Å²) in [4.78, 5) is 23.6. The molecule has 0 atom stereocenters. The maximum atomic E-state index is 11.9. The molecule has 0 saturated carbocycles. The average molecular weight is 372 g/mol. The number of sulfone groups is 1. The highest BCUT2D eigenvalue weighted by atomic mass is 35.5. The lowest BCUT2D eigenvalue weighted by Crippen LogP contribution is -2.21. The van der Waals surface area contributed by atoms with Crippen molar-refractivity contribution in [2.75, 3.05) is 18.2 Å². The monoisotopic (exact) mass is 371 g/mol. The molecule has 0 fully saturated rings. The third-order valence-electron chi connectivity index (χ3n) is 3.05. The van der Waals surface area contributed by atoms with Gasteiger partial charge < -0.3 is 14.5 Å². The number of halogens is 1. The molecule has 0 bridgehead atoms. The number of amides is 1. The second kappa shape index (κ2) is 7.06. The number of carbonyl (C=O) groups excluding carboxylic acids is 2. The molecule has 1 heterocycles. The van der Waals surface area contributed by atoms with Crippen LogP contribution in [0, 0.1) is 6.92 Å². The zero-order valence-electron chi connectivity index (χ0n) is 12.8. The second-order valence-corrected chi connectivity index (χ2v) is 7.35.